The van der Waals surface area contributed by atoms with E-state index in [1.54, 1.807) is 6.33 Å². The molecule has 3 heterocycles. The van der Waals surface area contributed by atoms with E-state index >= 15 is 0 Å². The first-order valence-corrected chi connectivity index (χ1v) is 16.7. The molecule has 5 nitrogen and oxygen atoms in total. The molecule has 0 bridgehead atoms. The van der Waals surface area contributed by atoms with Crippen molar-refractivity contribution >= 4 is 32.8 Å². The molecule has 48 heavy (non-hydrogen) atoms. The molecule has 4 aromatic carbocycles. The van der Waals surface area contributed by atoms with Crippen molar-refractivity contribution in [1.29, 1.82) is 0 Å². The summed E-state index contributed by atoms with van der Waals surface area (Å²) in [5.74, 6) is 2.23. The molecular formula is C43H47N4O+. The molecule has 0 radical (unpaired) electrons. The van der Waals surface area contributed by atoms with Crippen molar-refractivity contribution in [3.05, 3.63) is 120 Å². The Hall–Kier alpha value is -4.90. The number of rotatable bonds is 4. The molecular weight excluding hydrogens is 589 g/mol. The van der Waals surface area contributed by atoms with Gasteiger partial charge in [0.1, 0.15) is 23.0 Å². The summed E-state index contributed by atoms with van der Waals surface area (Å²) in [5.41, 5.74) is 7.69. The quantitative estimate of drug-likeness (QED) is 0.180. The molecule has 0 aliphatic heterocycles. The normalized spacial score (nSPS) is 14.0. The van der Waals surface area contributed by atoms with Crippen LogP contribution in [-0.2, 0) is 23.2 Å². The smallest absolute Gasteiger partial charge is 0.249 e. The highest BCUT2D eigenvalue weighted by Gasteiger charge is 2.23. The van der Waals surface area contributed by atoms with Crippen LogP contribution in [0.15, 0.2) is 104 Å². The zero-order chi connectivity index (χ0) is 36.7. The van der Waals surface area contributed by atoms with Gasteiger partial charge in [-0.15, -0.1) is 0 Å². The molecule has 7 rings (SSSR count). The summed E-state index contributed by atoms with van der Waals surface area (Å²) in [7, 11) is 0. The fourth-order valence-corrected chi connectivity index (χ4v) is 6.45. The number of aryl methyl sites for hydroxylation is 1. The summed E-state index contributed by atoms with van der Waals surface area (Å²) in [6, 6.07) is 31.1. The molecule has 3 aromatic heterocycles. The second kappa shape index (κ2) is 11.1. The number of hydrogen-bond donors (Lipinski definition) is 0. The first-order valence-electron chi connectivity index (χ1n) is 18.2. The standard InChI is InChI=1S/C43H47N4O/c1-41(2,3)28-15-18-36-35(23-28)34-17-16-32(26-39(34)47(36)40-24-29(19-20-44-40)42(4,5)6)48-33-22-30(43(7,8)9)21-31(25-33)46-27-45(10)37-13-11-12-14-38(37)46/h11-27H,1-10H3/q+1/i10D3. The third-order valence-electron chi connectivity index (χ3n) is 9.35. The lowest BCUT2D eigenvalue weighted by atomic mass is 9.86. The average molecular weight is 639 g/mol. The third kappa shape index (κ3) is 5.66. The topological polar surface area (TPSA) is 35.9 Å². The van der Waals surface area contributed by atoms with Crippen LogP contribution in [0.1, 0.15) is 83.1 Å². The molecule has 0 aliphatic rings. The maximum atomic E-state index is 8.18. The first kappa shape index (κ1) is 28.1. The average Bonchev–Trinajstić information content (AvgIpc) is 3.59. The van der Waals surface area contributed by atoms with Crippen molar-refractivity contribution in [3.8, 4) is 23.0 Å². The Morgan fingerprint density at radius 1 is 0.625 bits per heavy atom. The van der Waals surface area contributed by atoms with E-state index in [1.165, 1.54) is 21.1 Å². The predicted molar refractivity (Wildman–Crippen MR) is 199 cm³/mol. The molecule has 0 aliphatic carbocycles. The van der Waals surface area contributed by atoms with Crippen LogP contribution in [0.5, 0.6) is 11.5 Å². The Bertz CT molecular complexity index is 2450. The number of nitrogens with zero attached hydrogens (tertiary/aromatic N) is 4. The maximum absolute atomic E-state index is 8.18. The lowest BCUT2D eigenvalue weighted by Gasteiger charge is -2.21. The minimum atomic E-state index is -2.32. The first-order chi connectivity index (χ1) is 23.8. The summed E-state index contributed by atoms with van der Waals surface area (Å²) >= 11 is 0. The summed E-state index contributed by atoms with van der Waals surface area (Å²) in [6.45, 7) is 17.6. The molecule has 0 saturated heterocycles. The minimum Gasteiger partial charge on any atom is -0.457 e. The van der Waals surface area contributed by atoms with E-state index in [0.717, 1.165) is 39.0 Å². The molecule has 0 spiro atoms. The maximum Gasteiger partial charge on any atom is 0.249 e. The molecule has 5 heteroatoms. The molecule has 0 unspecified atom stereocenters. The molecule has 244 valence electrons. The molecule has 0 amide bonds. The SMILES string of the molecule is [2H]C([2H])([2H])[n+]1cn(-c2cc(Oc3ccc4c5cc(C(C)(C)C)ccc5n(-c5cc(C(C)(C)C)ccn5)c4c3)cc(C(C)(C)C)c2)c2ccccc21. The Morgan fingerprint density at radius 2 is 1.35 bits per heavy atom. The number of imidazole rings is 1. The Balaban J connectivity index is 1.41. The van der Waals surface area contributed by atoms with Crippen LogP contribution >= 0.6 is 0 Å². The van der Waals surface area contributed by atoms with E-state index < -0.39 is 6.98 Å². The highest BCUT2D eigenvalue weighted by atomic mass is 16.5. The Morgan fingerprint density at radius 3 is 2.08 bits per heavy atom. The van der Waals surface area contributed by atoms with Crippen LogP contribution < -0.4 is 9.30 Å². The minimum absolute atomic E-state index is 0.000347. The van der Waals surface area contributed by atoms with Crippen LogP contribution in [0.3, 0.4) is 0 Å². The van der Waals surface area contributed by atoms with Crippen LogP contribution in [0.2, 0.25) is 0 Å². The number of fused-ring (bicyclic) bond motifs is 4. The number of benzene rings is 4. The van der Waals surface area contributed by atoms with Crippen LogP contribution in [0.25, 0.3) is 44.3 Å². The van der Waals surface area contributed by atoms with Gasteiger partial charge in [0.05, 0.1) is 22.1 Å². The van der Waals surface area contributed by atoms with Gasteiger partial charge in [0.2, 0.25) is 6.33 Å². The second-order valence-corrected chi connectivity index (χ2v) is 16.1. The second-order valence-electron chi connectivity index (χ2n) is 16.1. The van der Waals surface area contributed by atoms with E-state index in [4.69, 9.17) is 13.8 Å². The monoisotopic (exact) mass is 638 g/mol. The van der Waals surface area contributed by atoms with E-state index in [1.807, 2.05) is 47.2 Å². The van der Waals surface area contributed by atoms with E-state index in [2.05, 4.69) is 121 Å². The predicted octanol–water partition coefficient (Wildman–Crippen LogP) is 10.6. The van der Waals surface area contributed by atoms with Crippen molar-refractivity contribution in [2.75, 3.05) is 0 Å². The number of para-hydroxylation sites is 2. The van der Waals surface area contributed by atoms with Gasteiger partial charge >= 0.3 is 0 Å². The van der Waals surface area contributed by atoms with Gasteiger partial charge in [0.15, 0.2) is 11.0 Å². The lowest BCUT2D eigenvalue weighted by Crippen LogP contribution is -2.25. The summed E-state index contributed by atoms with van der Waals surface area (Å²) in [5, 5.41) is 2.30. The number of ether oxygens (including phenoxy) is 1. The zero-order valence-electron chi connectivity index (χ0n) is 32.5. The van der Waals surface area contributed by atoms with Crippen molar-refractivity contribution < 1.29 is 13.4 Å². The number of hydrogen-bond acceptors (Lipinski definition) is 2. The lowest BCUT2D eigenvalue weighted by molar-refractivity contribution is -0.645. The van der Waals surface area contributed by atoms with Crippen molar-refractivity contribution in [2.45, 2.75) is 78.6 Å². The number of pyridine rings is 1. The van der Waals surface area contributed by atoms with Crippen molar-refractivity contribution in [1.82, 2.24) is 14.1 Å². The van der Waals surface area contributed by atoms with Gasteiger partial charge in [0.25, 0.3) is 0 Å². The van der Waals surface area contributed by atoms with Crippen LogP contribution in [-0.4, -0.2) is 14.1 Å². The van der Waals surface area contributed by atoms with Crippen molar-refractivity contribution in [2.24, 2.45) is 6.98 Å². The molecule has 0 saturated carbocycles. The fourth-order valence-electron chi connectivity index (χ4n) is 6.45. The van der Waals surface area contributed by atoms with E-state index in [-0.39, 0.29) is 16.2 Å². The Labute approximate surface area is 288 Å². The van der Waals surface area contributed by atoms with Gasteiger partial charge in [-0.05, 0) is 93.6 Å². The van der Waals surface area contributed by atoms with Gasteiger partial charge in [-0.25, -0.2) is 9.55 Å². The molecule has 0 atom stereocenters. The zero-order valence-corrected chi connectivity index (χ0v) is 29.5. The van der Waals surface area contributed by atoms with Crippen LogP contribution in [0, 0.1) is 0 Å². The van der Waals surface area contributed by atoms with E-state index in [0.29, 0.717) is 17.0 Å². The molecule has 7 aromatic rings. The molecule has 0 N–H and O–H groups in total. The number of aromatic nitrogens is 4. The van der Waals surface area contributed by atoms with Gasteiger partial charge in [-0.1, -0.05) is 80.5 Å². The van der Waals surface area contributed by atoms with Gasteiger partial charge in [-0.3, -0.25) is 4.57 Å². The third-order valence-corrected chi connectivity index (χ3v) is 9.35. The molecule has 0 fully saturated rings. The summed E-state index contributed by atoms with van der Waals surface area (Å²) in [4.78, 5) is 4.89. The van der Waals surface area contributed by atoms with Gasteiger partial charge in [0, 0.05) is 29.1 Å². The van der Waals surface area contributed by atoms with Gasteiger partial charge < -0.3 is 4.74 Å². The highest BCUT2D eigenvalue weighted by molar-refractivity contribution is 6.09. The van der Waals surface area contributed by atoms with Crippen LogP contribution in [0.4, 0.5) is 0 Å². The summed E-state index contributed by atoms with van der Waals surface area (Å²) in [6.07, 6.45) is 3.57. The van der Waals surface area contributed by atoms with Gasteiger partial charge in [-0.2, -0.15) is 4.57 Å². The largest absolute Gasteiger partial charge is 0.457 e. The highest BCUT2D eigenvalue weighted by Crippen LogP contribution is 2.39. The fraction of sp³-hybridized carbons (Fsp3) is 0.302. The Kier molecular flexibility index (Phi) is 6.50. The summed E-state index contributed by atoms with van der Waals surface area (Å²) < 4.78 is 36.8. The van der Waals surface area contributed by atoms with Crippen molar-refractivity contribution in [3.63, 3.8) is 0 Å². The van der Waals surface area contributed by atoms with E-state index in [9.17, 15) is 0 Å².